The van der Waals surface area contributed by atoms with Gasteiger partial charge in [-0.1, -0.05) is 12.1 Å². The average molecular weight is 223 g/mol. The zero-order valence-electron chi connectivity index (χ0n) is 8.80. The lowest BCUT2D eigenvalue weighted by Gasteiger charge is -2.15. The first-order chi connectivity index (χ1) is 7.54. The lowest BCUT2D eigenvalue weighted by molar-refractivity contribution is -0.120. The molecule has 0 saturated heterocycles. The number of hydrogen-bond acceptors (Lipinski definition) is 3. The first-order valence-electron chi connectivity index (χ1n) is 4.76. The third-order valence-electron chi connectivity index (χ3n) is 2.12. The number of carbonyl (C=O) groups excluding carboxylic acids is 1. The van der Waals surface area contributed by atoms with Gasteiger partial charge in [0.2, 0.25) is 5.91 Å². The van der Waals surface area contributed by atoms with Crippen molar-refractivity contribution < 1.29 is 19.8 Å². The first-order valence-corrected chi connectivity index (χ1v) is 4.76. The number of carboxylic acids is 1. The van der Waals surface area contributed by atoms with Crippen LogP contribution >= 0.6 is 0 Å². The topological polar surface area (TPSA) is 86.6 Å². The Hall–Kier alpha value is -1.88. The summed E-state index contributed by atoms with van der Waals surface area (Å²) in [6, 6.07) is 5.51. The maximum absolute atomic E-state index is 10.8. The van der Waals surface area contributed by atoms with Gasteiger partial charge in [-0.05, 0) is 17.7 Å². The molecule has 0 aliphatic rings. The fourth-order valence-corrected chi connectivity index (χ4v) is 1.34. The molecule has 0 aliphatic heterocycles. The molecule has 1 amide bonds. The normalized spacial score (nSPS) is 11.9. The fourth-order valence-electron chi connectivity index (χ4n) is 1.34. The minimum Gasteiger partial charge on any atom is -0.478 e. The number of nitrogens with one attached hydrogen (secondary N) is 1. The molecule has 5 heteroatoms. The number of hydrogen-bond donors (Lipinski definition) is 3. The molecule has 16 heavy (non-hydrogen) atoms. The molecule has 3 N–H and O–H groups in total. The average Bonchev–Trinajstić information content (AvgIpc) is 2.25. The van der Waals surface area contributed by atoms with Crippen LogP contribution in [0.4, 0.5) is 0 Å². The molecule has 0 aliphatic carbocycles. The Bertz CT molecular complexity index is 385. The van der Waals surface area contributed by atoms with Crippen LogP contribution in [0.1, 0.15) is 28.9 Å². The van der Waals surface area contributed by atoms with Crippen LogP contribution in [0.15, 0.2) is 24.3 Å². The van der Waals surface area contributed by atoms with E-state index in [0.29, 0.717) is 5.56 Å². The molecule has 1 rings (SSSR count). The van der Waals surface area contributed by atoms with Gasteiger partial charge in [-0.2, -0.15) is 0 Å². The molecule has 1 aromatic rings. The van der Waals surface area contributed by atoms with E-state index < -0.39 is 12.0 Å². The zero-order chi connectivity index (χ0) is 12.1. The number of benzene rings is 1. The van der Waals surface area contributed by atoms with Crippen molar-refractivity contribution in [3.05, 3.63) is 35.4 Å². The molecule has 0 saturated carbocycles. The van der Waals surface area contributed by atoms with Crippen molar-refractivity contribution in [1.29, 1.82) is 0 Å². The quantitative estimate of drug-likeness (QED) is 0.695. The molecule has 1 atom stereocenters. The third kappa shape index (κ3) is 3.06. The second-order valence-corrected chi connectivity index (χ2v) is 3.36. The predicted octanol–water partition coefficient (Wildman–Crippen LogP) is 0.554. The fraction of sp³-hybridized carbons (Fsp3) is 0.273. The Balaban J connectivity index is 2.86. The molecule has 1 aromatic carbocycles. The summed E-state index contributed by atoms with van der Waals surface area (Å²) in [5, 5.41) is 20.3. The molecule has 5 nitrogen and oxygen atoms in total. The van der Waals surface area contributed by atoms with E-state index in [4.69, 9.17) is 10.2 Å². The van der Waals surface area contributed by atoms with Crippen LogP contribution in [-0.2, 0) is 4.79 Å². The molecule has 1 unspecified atom stereocenters. The van der Waals surface area contributed by atoms with Crippen molar-refractivity contribution in [3.8, 4) is 0 Å². The van der Waals surface area contributed by atoms with E-state index in [0.717, 1.165) is 0 Å². The van der Waals surface area contributed by atoms with Gasteiger partial charge in [0.05, 0.1) is 18.2 Å². The summed E-state index contributed by atoms with van der Waals surface area (Å²) in [5.74, 6) is -1.26. The Kier molecular flexibility index (Phi) is 4.02. The summed E-state index contributed by atoms with van der Waals surface area (Å²) < 4.78 is 0. The van der Waals surface area contributed by atoms with Crippen LogP contribution in [0.2, 0.25) is 0 Å². The largest absolute Gasteiger partial charge is 0.478 e. The Labute approximate surface area is 92.7 Å². The Morgan fingerprint density at radius 3 is 2.25 bits per heavy atom. The highest BCUT2D eigenvalue weighted by atomic mass is 16.4. The van der Waals surface area contributed by atoms with Crippen molar-refractivity contribution >= 4 is 11.9 Å². The maximum atomic E-state index is 10.8. The van der Waals surface area contributed by atoms with Gasteiger partial charge < -0.3 is 15.5 Å². The summed E-state index contributed by atoms with van der Waals surface area (Å²) in [6.07, 6.45) is 0. The van der Waals surface area contributed by atoms with Crippen molar-refractivity contribution in [3.63, 3.8) is 0 Å². The number of carboxylic acid groups (broad SMARTS) is 1. The van der Waals surface area contributed by atoms with E-state index in [1.807, 2.05) is 0 Å². The van der Waals surface area contributed by atoms with E-state index in [-0.39, 0.29) is 18.1 Å². The van der Waals surface area contributed by atoms with Crippen LogP contribution in [0.25, 0.3) is 0 Å². The molecule has 0 aromatic heterocycles. The number of rotatable bonds is 4. The summed E-state index contributed by atoms with van der Waals surface area (Å²) in [7, 11) is 0. The van der Waals surface area contributed by atoms with Crippen LogP contribution in [0.3, 0.4) is 0 Å². The van der Waals surface area contributed by atoms with Gasteiger partial charge in [0.1, 0.15) is 0 Å². The standard InChI is InChI=1S/C11H13NO4/c1-7(14)12-10(6-13)8-2-4-9(5-3-8)11(15)16/h2-5,10,13H,6H2,1H3,(H,12,14)(H,15,16). The van der Waals surface area contributed by atoms with Crippen molar-refractivity contribution in [2.24, 2.45) is 0 Å². The van der Waals surface area contributed by atoms with Crippen molar-refractivity contribution in [2.45, 2.75) is 13.0 Å². The summed E-state index contributed by atoms with van der Waals surface area (Å²) in [4.78, 5) is 21.5. The molecule has 0 fully saturated rings. The van der Waals surface area contributed by atoms with Crippen LogP contribution < -0.4 is 5.32 Å². The number of aromatic carboxylic acids is 1. The Morgan fingerprint density at radius 1 is 1.31 bits per heavy atom. The SMILES string of the molecule is CC(=O)NC(CO)c1ccc(C(=O)O)cc1. The Morgan fingerprint density at radius 2 is 1.88 bits per heavy atom. The monoisotopic (exact) mass is 223 g/mol. The van der Waals surface area contributed by atoms with E-state index in [2.05, 4.69) is 5.32 Å². The van der Waals surface area contributed by atoms with E-state index >= 15 is 0 Å². The molecule has 0 heterocycles. The van der Waals surface area contributed by atoms with E-state index in [9.17, 15) is 9.59 Å². The molecule has 0 radical (unpaired) electrons. The van der Waals surface area contributed by atoms with Crippen LogP contribution in [0.5, 0.6) is 0 Å². The second kappa shape index (κ2) is 5.27. The molecule has 0 bridgehead atoms. The third-order valence-corrected chi connectivity index (χ3v) is 2.12. The smallest absolute Gasteiger partial charge is 0.335 e. The van der Waals surface area contributed by atoms with Gasteiger partial charge in [-0.25, -0.2) is 4.79 Å². The van der Waals surface area contributed by atoms with Crippen LogP contribution in [-0.4, -0.2) is 28.7 Å². The molecule has 0 spiro atoms. The van der Waals surface area contributed by atoms with Gasteiger partial charge in [0.25, 0.3) is 0 Å². The summed E-state index contributed by atoms with van der Waals surface area (Å²) in [5.41, 5.74) is 0.839. The van der Waals surface area contributed by atoms with Gasteiger partial charge >= 0.3 is 5.97 Å². The van der Waals surface area contributed by atoms with Crippen LogP contribution in [0, 0.1) is 0 Å². The lowest BCUT2D eigenvalue weighted by Crippen LogP contribution is -2.28. The maximum Gasteiger partial charge on any atom is 0.335 e. The minimum atomic E-state index is -1.01. The lowest BCUT2D eigenvalue weighted by atomic mass is 10.1. The van der Waals surface area contributed by atoms with Gasteiger partial charge in [-0.15, -0.1) is 0 Å². The second-order valence-electron chi connectivity index (χ2n) is 3.36. The molecule has 86 valence electrons. The van der Waals surface area contributed by atoms with Crippen molar-refractivity contribution in [1.82, 2.24) is 5.32 Å². The van der Waals surface area contributed by atoms with Gasteiger partial charge in [0.15, 0.2) is 0 Å². The molecular formula is C11H13NO4. The summed E-state index contributed by atoms with van der Waals surface area (Å²) >= 11 is 0. The van der Waals surface area contributed by atoms with E-state index in [1.165, 1.54) is 19.1 Å². The van der Waals surface area contributed by atoms with E-state index in [1.54, 1.807) is 12.1 Å². The van der Waals surface area contributed by atoms with Gasteiger partial charge in [-0.3, -0.25) is 4.79 Å². The summed E-state index contributed by atoms with van der Waals surface area (Å²) in [6.45, 7) is 1.13. The number of amides is 1. The first kappa shape index (κ1) is 12.2. The van der Waals surface area contributed by atoms with Gasteiger partial charge in [0, 0.05) is 6.92 Å². The zero-order valence-corrected chi connectivity index (χ0v) is 8.80. The number of aliphatic hydroxyl groups excluding tert-OH is 1. The highest BCUT2D eigenvalue weighted by Crippen LogP contribution is 2.13. The number of aliphatic hydroxyl groups is 1. The molecular weight excluding hydrogens is 210 g/mol. The predicted molar refractivity (Wildman–Crippen MR) is 57.0 cm³/mol. The minimum absolute atomic E-state index is 0.170. The number of carbonyl (C=O) groups is 2. The highest BCUT2D eigenvalue weighted by Gasteiger charge is 2.11. The highest BCUT2D eigenvalue weighted by molar-refractivity contribution is 5.87. The van der Waals surface area contributed by atoms with Crippen molar-refractivity contribution in [2.75, 3.05) is 6.61 Å².